The molecule has 4 aromatic rings. The number of methoxy groups -OCH3 is 2. The second-order valence-corrected chi connectivity index (χ2v) is 9.12. The Labute approximate surface area is 207 Å². The second-order valence-electron chi connectivity index (χ2n) is 8.14. The van der Waals surface area contributed by atoms with E-state index in [0.29, 0.717) is 52.4 Å². The highest BCUT2D eigenvalue weighted by molar-refractivity contribution is 7.22. The fourth-order valence-electron chi connectivity index (χ4n) is 4.10. The highest BCUT2D eigenvalue weighted by Gasteiger charge is 2.28. The molecule has 5 rings (SSSR count). The van der Waals surface area contributed by atoms with Crippen LogP contribution in [-0.2, 0) is 4.74 Å². The van der Waals surface area contributed by atoms with Crippen molar-refractivity contribution in [2.45, 2.75) is 18.9 Å². The van der Waals surface area contributed by atoms with Crippen molar-refractivity contribution in [1.82, 2.24) is 4.98 Å². The Morgan fingerprint density at radius 2 is 1.80 bits per heavy atom. The first-order chi connectivity index (χ1) is 17.2. The maximum Gasteiger partial charge on any atom is 0.260 e. The molecule has 35 heavy (non-hydrogen) atoms. The van der Waals surface area contributed by atoms with Crippen molar-refractivity contribution in [3.63, 3.8) is 0 Å². The first kappa shape index (κ1) is 23.1. The van der Waals surface area contributed by atoms with E-state index < -0.39 is 0 Å². The molecule has 1 amide bonds. The Bertz CT molecular complexity index is 1280. The first-order valence-electron chi connectivity index (χ1n) is 11.4. The lowest BCUT2D eigenvalue weighted by Crippen LogP contribution is -2.37. The zero-order chi connectivity index (χ0) is 24.2. The molecule has 2 heterocycles. The van der Waals surface area contributed by atoms with Gasteiger partial charge in [-0.2, -0.15) is 0 Å². The maximum atomic E-state index is 13.8. The van der Waals surface area contributed by atoms with E-state index in [1.54, 1.807) is 31.3 Å². The highest BCUT2D eigenvalue weighted by Crippen LogP contribution is 2.40. The lowest BCUT2D eigenvalue weighted by Gasteiger charge is -2.23. The Morgan fingerprint density at radius 1 is 1.03 bits per heavy atom. The standard InChI is InChI=1S/C27H26N2O5S/c1-31-22-13-14-23(32-2)25-24(22)28-27(35-25)29(17-21-12-7-15-33-21)26(30)18-8-6-11-20(16-18)34-19-9-4-3-5-10-19/h3-6,8-11,13-14,16,21H,7,12,15,17H2,1-2H3. The Hall–Kier alpha value is -3.62. The van der Waals surface area contributed by atoms with E-state index in [-0.39, 0.29) is 12.0 Å². The van der Waals surface area contributed by atoms with Gasteiger partial charge < -0.3 is 18.9 Å². The number of hydrogen-bond acceptors (Lipinski definition) is 7. The van der Waals surface area contributed by atoms with Crippen LogP contribution in [-0.4, -0.2) is 44.4 Å². The molecule has 0 saturated carbocycles. The van der Waals surface area contributed by atoms with Crippen LogP contribution in [0.15, 0.2) is 66.7 Å². The topological polar surface area (TPSA) is 70.1 Å². The number of nitrogens with zero attached hydrogens (tertiary/aromatic N) is 2. The van der Waals surface area contributed by atoms with Crippen molar-refractivity contribution in [2.24, 2.45) is 0 Å². The van der Waals surface area contributed by atoms with E-state index in [4.69, 9.17) is 23.9 Å². The smallest absolute Gasteiger partial charge is 0.260 e. The summed E-state index contributed by atoms with van der Waals surface area (Å²) in [5.74, 6) is 2.44. The number of ether oxygens (including phenoxy) is 4. The van der Waals surface area contributed by atoms with Crippen molar-refractivity contribution in [1.29, 1.82) is 0 Å². The van der Waals surface area contributed by atoms with Crippen LogP contribution in [0.2, 0.25) is 0 Å². The van der Waals surface area contributed by atoms with E-state index >= 15 is 0 Å². The molecule has 8 heteroatoms. The third-order valence-electron chi connectivity index (χ3n) is 5.85. The molecule has 7 nitrogen and oxygen atoms in total. The lowest BCUT2D eigenvalue weighted by molar-refractivity contribution is 0.0917. The van der Waals surface area contributed by atoms with Gasteiger partial charge in [-0.15, -0.1) is 0 Å². The summed E-state index contributed by atoms with van der Waals surface area (Å²) in [5.41, 5.74) is 1.17. The predicted octanol–water partition coefficient (Wildman–Crippen LogP) is 5.93. The number of amides is 1. The number of hydrogen-bond donors (Lipinski definition) is 0. The molecule has 3 aromatic carbocycles. The molecule has 1 aliphatic rings. The van der Waals surface area contributed by atoms with Gasteiger partial charge in [0.15, 0.2) is 5.13 Å². The number of carbonyl (C=O) groups excluding carboxylic acids is 1. The van der Waals surface area contributed by atoms with Crippen LogP contribution in [0.4, 0.5) is 5.13 Å². The van der Waals surface area contributed by atoms with Crippen LogP contribution in [0.1, 0.15) is 23.2 Å². The molecule has 0 spiro atoms. The van der Waals surface area contributed by atoms with Crippen LogP contribution in [0.3, 0.4) is 0 Å². The van der Waals surface area contributed by atoms with Gasteiger partial charge in [0.05, 0.1) is 26.9 Å². The number of para-hydroxylation sites is 1. The summed E-state index contributed by atoms with van der Waals surface area (Å²) in [4.78, 5) is 20.3. The Balaban J connectivity index is 1.51. The van der Waals surface area contributed by atoms with Crippen LogP contribution >= 0.6 is 11.3 Å². The second kappa shape index (κ2) is 10.3. The zero-order valence-corrected chi connectivity index (χ0v) is 20.4. The van der Waals surface area contributed by atoms with Crippen molar-refractivity contribution in [3.05, 3.63) is 72.3 Å². The maximum absolute atomic E-state index is 13.8. The van der Waals surface area contributed by atoms with E-state index in [1.807, 2.05) is 54.6 Å². The van der Waals surface area contributed by atoms with Gasteiger partial charge in [0, 0.05) is 12.2 Å². The van der Waals surface area contributed by atoms with Crippen molar-refractivity contribution in [3.8, 4) is 23.0 Å². The van der Waals surface area contributed by atoms with Gasteiger partial charge in [-0.05, 0) is 55.3 Å². The average Bonchev–Trinajstić information content (AvgIpc) is 3.57. The SMILES string of the molecule is COc1ccc(OC)c2sc(N(CC3CCCO3)C(=O)c3cccc(Oc4ccccc4)c3)nc12. The van der Waals surface area contributed by atoms with Gasteiger partial charge in [-0.25, -0.2) is 4.98 Å². The molecule has 1 aliphatic heterocycles. The minimum Gasteiger partial charge on any atom is -0.495 e. The van der Waals surface area contributed by atoms with Gasteiger partial charge in [0.1, 0.15) is 33.2 Å². The molecule has 0 aliphatic carbocycles. The number of benzene rings is 3. The van der Waals surface area contributed by atoms with Crippen LogP contribution in [0, 0.1) is 0 Å². The fourth-order valence-corrected chi connectivity index (χ4v) is 5.18. The summed E-state index contributed by atoms with van der Waals surface area (Å²) >= 11 is 1.40. The summed E-state index contributed by atoms with van der Waals surface area (Å²) in [6.07, 6.45) is 1.84. The molecule has 0 bridgehead atoms. The molecule has 1 aromatic heterocycles. The molecular weight excluding hydrogens is 464 g/mol. The summed E-state index contributed by atoms with van der Waals surface area (Å²) < 4.78 is 23.7. The average molecular weight is 491 g/mol. The van der Waals surface area contributed by atoms with Gasteiger partial charge in [-0.1, -0.05) is 35.6 Å². The number of aromatic nitrogens is 1. The minimum atomic E-state index is -0.170. The Kier molecular flexibility index (Phi) is 6.83. The van der Waals surface area contributed by atoms with Gasteiger partial charge in [-0.3, -0.25) is 9.69 Å². The van der Waals surface area contributed by atoms with Crippen molar-refractivity contribution < 1.29 is 23.7 Å². The predicted molar refractivity (Wildman–Crippen MR) is 136 cm³/mol. The monoisotopic (exact) mass is 490 g/mol. The van der Waals surface area contributed by atoms with Gasteiger partial charge >= 0.3 is 0 Å². The molecule has 180 valence electrons. The normalized spacial score (nSPS) is 15.2. The molecule has 1 fully saturated rings. The summed E-state index contributed by atoms with van der Waals surface area (Å²) in [6, 6.07) is 20.4. The summed E-state index contributed by atoms with van der Waals surface area (Å²) in [6.45, 7) is 1.11. The van der Waals surface area contributed by atoms with Gasteiger partial charge in [0.25, 0.3) is 5.91 Å². The van der Waals surface area contributed by atoms with Crippen LogP contribution in [0.25, 0.3) is 10.2 Å². The molecule has 1 atom stereocenters. The number of rotatable bonds is 8. The third-order valence-corrected chi connectivity index (χ3v) is 6.94. The zero-order valence-electron chi connectivity index (χ0n) is 19.6. The molecule has 0 radical (unpaired) electrons. The Morgan fingerprint density at radius 3 is 2.54 bits per heavy atom. The van der Waals surface area contributed by atoms with E-state index in [0.717, 1.165) is 17.5 Å². The van der Waals surface area contributed by atoms with Crippen molar-refractivity contribution in [2.75, 3.05) is 32.3 Å². The molecule has 1 saturated heterocycles. The third kappa shape index (κ3) is 4.94. The molecule has 0 N–H and O–H groups in total. The van der Waals surface area contributed by atoms with E-state index in [9.17, 15) is 4.79 Å². The van der Waals surface area contributed by atoms with Crippen molar-refractivity contribution >= 4 is 32.6 Å². The number of carbonyl (C=O) groups is 1. The number of fused-ring (bicyclic) bond motifs is 1. The van der Waals surface area contributed by atoms with Crippen LogP contribution in [0.5, 0.6) is 23.0 Å². The number of anilines is 1. The summed E-state index contributed by atoms with van der Waals surface area (Å²) in [7, 11) is 3.22. The van der Waals surface area contributed by atoms with E-state index in [2.05, 4.69) is 0 Å². The molecule has 1 unspecified atom stereocenters. The van der Waals surface area contributed by atoms with Crippen LogP contribution < -0.4 is 19.1 Å². The number of thiazole rings is 1. The summed E-state index contributed by atoms with van der Waals surface area (Å²) in [5, 5.41) is 0.567. The largest absolute Gasteiger partial charge is 0.495 e. The quantitative estimate of drug-likeness (QED) is 0.305. The van der Waals surface area contributed by atoms with E-state index in [1.165, 1.54) is 11.3 Å². The van der Waals surface area contributed by atoms with Gasteiger partial charge in [0.2, 0.25) is 0 Å². The minimum absolute atomic E-state index is 0.0431. The highest BCUT2D eigenvalue weighted by atomic mass is 32.1. The lowest BCUT2D eigenvalue weighted by atomic mass is 10.1. The first-order valence-corrected chi connectivity index (χ1v) is 12.3. The fraction of sp³-hybridized carbons (Fsp3) is 0.259. The molecular formula is C27H26N2O5S.